The summed E-state index contributed by atoms with van der Waals surface area (Å²) >= 11 is 0. The summed E-state index contributed by atoms with van der Waals surface area (Å²) in [6.07, 6.45) is 1.76. The highest BCUT2D eigenvalue weighted by Gasteiger charge is 2.25. The van der Waals surface area contributed by atoms with Crippen LogP contribution in [0.1, 0.15) is 18.2 Å². The van der Waals surface area contributed by atoms with Gasteiger partial charge in [-0.1, -0.05) is 0 Å². The summed E-state index contributed by atoms with van der Waals surface area (Å²) in [5.41, 5.74) is -0.0271. The molecule has 3 rings (SSSR count). The molecule has 3 aromatic rings. The zero-order valence-electron chi connectivity index (χ0n) is 17.7. The smallest absolute Gasteiger partial charge is 0.305 e. The summed E-state index contributed by atoms with van der Waals surface area (Å²) in [7, 11) is 0. The van der Waals surface area contributed by atoms with E-state index in [4.69, 9.17) is 0 Å². The molecule has 0 bridgehead atoms. The zero-order chi connectivity index (χ0) is 26.6. The Morgan fingerprint density at radius 1 is 0.889 bits per heavy atom. The minimum atomic E-state index is -1.30. The van der Waals surface area contributed by atoms with Crippen LogP contribution in [0.2, 0.25) is 0 Å². The molecule has 2 aromatic carbocycles. The highest BCUT2D eigenvalue weighted by atomic mass is 16.6. The van der Waals surface area contributed by atoms with Gasteiger partial charge in [-0.25, -0.2) is 4.98 Å². The van der Waals surface area contributed by atoms with E-state index in [0.717, 1.165) is 41.3 Å². The number of carboxylic acids is 1. The van der Waals surface area contributed by atoms with E-state index in [9.17, 15) is 50.4 Å². The number of rotatable bonds is 11. The molecule has 0 spiro atoms. The lowest BCUT2D eigenvalue weighted by atomic mass is 10.1. The van der Waals surface area contributed by atoms with Gasteiger partial charge in [0, 0.05) is 12.1 Å². The maximum absolute atomic E-state index is 11.4. The molecule has 18 heteroatoms. The Labute approximate surface area is 198 Å². The molecule has 0 aliphatic heterocycles. The molecule has 1 aromatic heterocycles. The van der Waals surface area contributed by atoms with Gasteiger partial charge in [-0.05, 0) is 12.1 Å². The molecule has 186 valence electrons. The van der Waals surface area contributed by atoms with E-state index in [1.165, 1.54) is 6.20 Å². The Kier molecular flexibility index (Phi) is 6.98. The lowest BCUT2D eigenvalue weighted by Crippen LogP contribution is -2.17. The van der Waals surface area contributed by atoms with Crippen molar-refractivity contribution in [2.24, 2.45) is 0 Å². The minimum Gasteiger partial charge on any atom is -0.481 e. The molecule has 1 atom stereocenters. The number of nitro groups is 4. The number of carboxylic acid groups (broad SMARTS) is 1. The fraction of sp³-hybridized carbons (Fsp3) is 0.111. The van der Waals surface area contributed by atoms with Gasteiger partial charge in [0.05, 0.1) is 56.2 Å². The van der Waals surface area contributed by atoms with Crippen molar-refractivity contribution in [1.82, 2.24) is 9.66 Å². The number of hydrogen-bond donors (Lipinski definition) is 3. The van der Waals surface area contributed by atoms with E-state index >= 15 is 0 Å². The van der Waals surface area contributed by atoms with Gasteiger partial charge >= 0.3 is 11.7 Å². The van der Waals surface area contributed by atoms with Crippen LogP contribution in [0, 0.1) is 40.5 Å². The number of nitrogens with zero attached hydrogens (tertiary/aromatic N) is 6. The van der Waals surface area contributed by atoms with Crippen molar-refractivity contribution in [3.8, 4) is 0 Å². The second-order valence-electron chi connectivity index (χ2n) is 7.04. The largest absolute Gasteiger partial charge is 0.481 e. The van der Waals surface area contributed by atoms with Crippen molar-refractivity contribution in [3.05, 3.63) is 95.1 Å². The second-order valence-corrected chi connectivity index (χ2v) is 7.04. The summed E-state index contributed by atoms with van der Waals surface area (Å²) in [4.78, 5) is 56.6. The average molecular weight is 502 g/mol. The van der Waals surface area contributed by atoms with Crippen LogP contribution in [-0.2, 0) is 4.79 Å². The van der Waals surface area contributed by atoms with Crippen LogP contribution in [-0.4, -0.2) is 40.4 Å². The first-order valence-corrected chi connectivity index (χ1v) is 9.61. The fourth-order valence-corrected chi connectivity index (χ4v) is 3.10. The summed E-state index contributed by atoms with van der Waals surface area (Å²) in [6, 6.07) is 4.51. The number of benzene rings is 2. The van der Waals surface area contributed by atoms with Crippen molar-refractivity contribution in [2.45, 2.75) is 12.5 Å². The van der Waals surface area contributed by atoms with Crippen LogP contribution < -0.4 is 10.7 Å². The van der Waals surface area contributed by atoms with Crippen LogP contribution in [0.15, 0.2) is 48.9 Å². The van der Waals surface area contributed by atoms with Gasteiger partial charge in [0.15, 0.2) is 0 Å². The highest BCUT2D eigenvalue weighted by Crippen LogP contribution is 2.33. The minimum absolute atomic E-state index is 0.0436. The summed E-state index contributed by atoms with van der Waals surface area (Å²) < 4.78 is 1.12. The molecule has 0 aliphatic rings. The number of imidazole rings is 1. The molecule has 0 aliphatic carbocycles. The quantitative estimate of drug-likeness (QED) is 0.252. The number of aromatic nitrogens is 2. The molecule has 18 nitrogen and oxygen atoms in total. The Hall–Kier alpha value is -5.68. The molecule has 3 N–H and O–H groups in total. The third-order valence-electron chi connectivity index (χ3n) is 4.70. The summed E-state index contributed by atoms with van der Waals surface area (Å²) in [5, 5.41) is 56.5. The van der Waals surface area contributed by atoms with Crippen LogP contribution in [0.25, 0.3) is 0 Å². The predicted octanol–water partition coefficient (Wildman–Crippen LogP) is 3.02. The zero-order valence-corrected chi connectivity index (χ0v) is 17.7. The van der Waals surface area contributed by atoms with Crippen molar-refractivity contribution in [2.75, 3.05) is 10.7 Å². The average Bonchev–Trinajstić information content (AvgIpc) is 3.26. The third kappa shape index (κ3) is 5.62. The van der Waals surface area contributed by atoms with E-state index in [0.29, 0.717) is 6.07 Å². The SMILES string of the molecule is O=C(O)CC(Nc1ccc([N+](=O)[O-])cc1[N+](=O)[O-])c1cn(Nc2ccc([N+](=O)[O-])cc2[N+](=O)[O-])cn1. The summed E-state index contributed by atoms with van der Waals surface area (Å²) in [5.74, 6) is -1.30. The van der Waals surface area contributed by atoms with E-state index < -0.39 is 60.9 Å². The Balaban J connectivity index is 1.92. The molecule has 1 heterocycles. The maximum Gasteiger partial charge on any atom is 0.305 e. The van der Waals surface area contributed by atoms with Gasteiger partial charge in [-0.15, -0.1) is 0 Å². The topological polar surface area (TPSA) is 252 Å². The third-order valence-corrected chi connectivity index (χ3v) is 4.70. The van der Waals surface area contributed by atoms with Crippen molar-refractivity contribution in [1.29, 1.82) is 0 Å². The molecule has 1 unspecified atom stereocenters. The van der Waals surface area contributed by atoms with Crippen LogP contribution in [0.3, 0.4) is 0 Å². The Morgan fingerprint density at radius 2 is 1.42 bits per heavy atom. The van der Waals surface area contributed by atoms with E-state index in [1.807, 2.05) is 0 Å². The Bertz CT molecular complexity index is 1390. The van der Waals surface area contributed by atoms with E-state index in [1.54, 1.807) is 0 Å². The highest BCUT2D eigenvalue weighted by molar-refractivity contribution is 5.71. The van der Waals surface area contributed by atoms with Crippen LogP contribution in [0.5, 0.6) is 0 Å². The van der Waals surface area contributed by atoms with E-state index in [2.05, 4.69) is 15.7 Å². The molecule has 36 heavy (non-hydrogen) atoms. The van der Waals surface area contributed by atoms with Crippen molar-refractivity contribution in [3.63, 3.8) is 0 Å². The number of hydrogen-bond acceptors (Lipinski definition) is 12. The van der Waals surface area contributed by atoms with Gasteiger partial charge in [-0.2, -0.15) is 0 Å². The van der Waals surface area contributed by atoms with Gasteiger partial charge in [-0.3, -0.25) is 55.4 Å². The fourth-order valence-electron chi connectivity index (χ4n) is 3.10. The number of nitro benzene ring substituents is 4. The molecular formula is C18H14N8O10. The molecular weight excluding hydrogens is 488 g/mol. The maximum atomic E-state index is 11.4. The summed E-state index contributed by atoms with van der Waals surface area (Å²) in [6.45, 7) is 0. The second kappa shape index (κ2) is 10.1. The number of anilines is 2. The number of nitrogens with one attached hydrogen (secondary N) is 2. The first kappa shape index (κ1) is 25.0. The standard InChI is InChI=1S/C18H14N8O10/c27-18(28)7-14(20-12-3-1-10(23(29)30)5-16(12)25(33)34)15-8-22(9-19-15)21-13-4-2-11(24(31)32)6-17(13)26(35)36/h1-6,8-9,14,20-21H,7H2,(H,27,28). The normalized spacial score (nSPS) is 11.3. The van der Waals surface area contributed by atoms with Crippen molar-refractivity contribution >= 4 is 40.1 Å². The molecule has 0 saturated heterocycles. The van der Waals surface area contributed by atoms with Gasteiger partial charge < -0.3 is 10.4 Å². The van der Waals surface area contributed by atoms with Crippen LogP contribution in [0.4, 0.5) is 34.1 Å². The molecule has 0 amide bonds. The first-order chi connectivity index (χ1) is 17.0. The lowest BCUT2D eigenvalue weighted by Gasteiger charge is -2.16. The molecule has 0 saturated carbocycles. The predicted molar refractivity (Wildman–Crippen MR) is 119 cm³/mol. The van der Waals surface area contributed by atoms with Gasteiger partial charge in [0.25, 0.3) is 17.1 Å². The first-order valence-electron chi connectivity index (χ1n) is 9.61. The number of aliphatic carboxylic acids is 1. The number of non-ortho nitro benzene ring substituents is 2. The van der Waals surface area contributed by atoms with E-state index in [-0.39, 0.29) is 17.1 Å². The van der Waals surface area contributed by atoms with Gasteiger partial charge in [0.1, 0.15) is 17.7 Å². The molecule has 0 radical (unpaired) electrons. The lowest BCUT2D eigenvalue weighted by molar-refractivity contribution is -0.393. The number of carbonyl (C=O) groups is 1. The molecule has 0 fully saturated rings. The Morgan fingerprint density at radius 3 is 1.92 bits per heavy atom. The monoisotopic (exact) mass is 502 g/mol. The van der Waals surface area contributed by atoms with Crippen LogP contribution >= 0.6 is 0 Å². The van der Waals surface area contributed by atoms with Gasteiger partial charge in [0.2, 0.25) is 0 Å². The van der Waals surface area contributed by atoms with Crippen molar-refractivity contribution < 1.29 is 29.6 Å².